The third-order valence-corrected chi connectivity index (χ3v) is 7.21. The van der Waals surface area contributed by atoms with E-state index in [-0.39, 0.29) is 6.04 Å². The molecule has 186 valence electrons. The maximum absolute atomic E-state index is 6.21. The highest BCUT2D eigenvalue weighted by Gasteiger charge is 2.42. The zero-order valence-electron chi connectivity index (χ0n) is 20.8. The second kappa shape index (κ2) is 8.85. The number of hydrogen-bond acceptors (Lipinski definition) is 6. The molecular weight excluding hydrogens is 540 g/mol. The summed E-state index contributed by atoms with van der Waals surface area (Å²) in [5.74, 6) is 2.91. The highest BCUT2D eigenvalue weighted by atomic mass is 79.9. The summed E-state index contributed by atoms with van der Waals surface area (Å²) >= 11 is 3.51. The lowest BCUT2D eigenvalue weighted by Gasteiger charge is -2.39. The summed E-state index contributed by atoms with van der Waals surface area (Å²) in [6.07, 6.45) is 0. The van der Waals surface area contributed by atoms with Crippen LogP contribution >= 0.6 is 15.9 Å². The van der Waals surface area contributed by atoms with Gasteiger partial charge in [-0.3, -0.25) is 0 Å². The molecule has 1 atom stereocenters. The van der Waals surface area contributed by atoms with Crippen LogP contribution in [0, 0.1) is 13.8 Å². The van der Waals surface area contributed by atoms with Crippen LogP contribution in [0.2, 0.25) is 0 Å². The number of anilines is 2. The van der Waals surface area contributed by atoms with Crippen LogP contribution in [0.5, 0.6) is 0 Å². The highest BCUT2D eigenvalue weighted by molar-refractivity contribution is 9.10. The Morgan fingerprint density at radius 3 is 2.47 bits per heavy atom. The average molecular weight is 563 g/mol. The fourth-order valence-electron chi connectivity index (χ4n) is 5.15. The summed E-state index contributed by atoms with van der Waals surface area (Å²) in [5.41, 5.74) is 6.73. The number of fused-ring (bicyclic) bond motifs is 4. The quantitative estimate of drug-likeness (QED) is 0.245. The van der Waals surface area contributed by atoms with E-state index >= 15 is 0 Å². The Balaban J connectivity index is 1.50. The van der Waals surface area contributed by atoms with Crippen LogP contribution in [-0.4, -0.2) is 21.5 Å². The molecule has 3 aromatic carbocycles. The third kappa shape index (κ3) is 3.68. The molecule has 4 heterocycles. The van der Waals surface area contributed by atoms with Crippen molar-refractivity contribution < 1.29 is 4.42 Å². The van der Waals surface area contributed by atoms with E-state index < -0.39 is 0 Å². The maximum Gasteiger partial charge on any atom is 0.179 e. The van der Waals surface area contributed by atoms with Gasteiger partial charge in [-0.05, 0) is 83.9 Å². The van der Waals surface area contributed by atoms with Gasteiger partial charge in [0.1, 0.15) is 11.8 Å². The molecule has 38 heavy (non-hydrogen) atoms. The number of aryl methyl sites for hydroxylation is 2. The molecule has 2 aliphatic heterocycles. The van der Waals surface area contributed by atoms with E-state index in [1.165, 1.54) is 0 Å². The fraction of sp³-hybridized carbons (Fsp3) is 0.100. The molecule has 0 saturated heterocycles. The number of benzene rings is 3. The van der Waals surface area contributed by atoms with Crippen molar-refractivity contribution in [2.24, 2.45) is 9.98 Å². The minimum atomic E-state index is -0.299. The number of nitrogens with one attached hydrogen (secondary N) is 1. The van der Waals surface area contributed by atoms with Crippen LogP contribution in [0.25, 0.3) is 5.69 Å². The molecule has 2 aliphatic rings. The first-order valence-electron chi connectivity index (χ1n) is 12.4. The molecule has 2 aromatic heterocycles. The van der Waals surface area contributed by atoms with Gasteiger partial charge in [0, 0.05) is 5.69 Å². The van der Waals surface area contributed by atoms with E-state index in [0.29, 0.717) is 16.3 Å². The Morgan fingerprint density at radius 2 is 1.68 bits per heavy atom. The number of nitrogens with zero attached hydrogens (tertiary/aromatic N) is 5. The zero-order chi connectivity index (χ0) is 25.8. The molecule has 7 nitrogen and oxygen atoms in total. The van der Waals surface area contributed by atoms with E-state index in [2.05, 4.69) is 51.3 Å². The molecule has 8 heteroatoms. The predicted molar refractivity (Wildman–Crippen MR) is 154 cm³/mol. The van der Waals surface area contributed by atoms with Gasteiger partial charge in [-0.2, -0.15) is 5.10 Å². The van der Waals surface area contributed by atoms with Gasteiger partial charge in [0.15, 0.2) is 22.2 Å². The van der Waals surface area contributed by atoms with Gasteiger partial charge in [0.2, 0.25) is 0 Å². The van der Waals surface area contributed by atoms with E-state index in [1.54, 1.807) is 0 Å². The zero-order valence-corrected chi connectivity index (χ0v) is 22.3. The second-order valence-electron chi connectivity index (χ2n) is 9.36. The number of aliphatic imine (C=N–C) groups is 2. The van der Waals surface area contributed by atoms with E-state index in [1.807, 2.05) is 84.4 Å². The van der Waals surface area contributed by atoms with Crippen LogP contribution in [0.1, 0.15) is 28.6 Å². The number of aromatic nitrogens is 2. The molecule has 0 spiro atoms. The largest absolute Gasteiger partial charge is 0.452 e. The van der Waals surface area contributed by atoms with E-state index in [4.69, 9.17) is 19.5 Å². The highest BCUT2D eigenvalue weighted by Crippen LogP contribution is 2.48. The van der Waals surface area contributed by atoms with Gasteiger partial charge < -0.3 is 14.6 Å². The summed E-state index contributed by atoms with van der Waals surface area (Å²) in [7, 11) is 0. The number of para-hydroxylation sites is 3. The van der Waals surface area contributed by atoms with Crippen LogP contribution in [-0.2, 0) is 0 Å². The van der Waals surface area contributed by atoms with Crippen LogP contribution < -0.4 is 10.2 Å². The SMILES string of the molecule is Cc1cccc(NC2=Nc3ccccc3N3C2=Nc2c(c(C)nn2-c2ccccc2)[C@H]3c2ccc(Br)o2)c1. The first-order chi connectivity index (χ1) is 18.6. The predicted octanol–water partition coefficient (Wildman–Crippen LogP) is 7.64. The average Bonchev–Trinajstić information content (AvgIpc) is 3.51. The lowest BCUT2D eigenvalue weighted by molar-refractivity contribution is 0.468. The monoisotopic (exact) mass is 562 g/mol. The molecule has 1 N–H and O–H groups in total. The second-order valence-corrected chi connectivity index (χ2v) is 10.1. The molecule has 0 saturated carbocycles. The Hall–Kier alpha value is -4.43. The van der Waals surface area contributed by atoms with E-state index in [0.717, 1.165) is 51.1 Å². The lowest BCUT2D eigenvalue weighted by Crippen LogP contribution is -2.46. The van der Waals surface area contributed by atoms with Gasteiger partial charge in [0.05, 0.1) is 28.3 Å². The number of rotatable bonds is 3. The lowest BCUT2D eigenvalue weighted by atomic mass is 9.98. The van der Waals surface area contributed by atoms with Crippen molar-refractivity contribution >= 4 is 50.5 Å². The topological polar surface area (TPSA) is 71.0 Å². The molecule has 7 rings (SSSR count). The van der Waals surface area contributed by atoms with Crippen molar-refractivity contribution in [1.82, 2.24) is 9.78 Å². The molecule has 5 aromatic rings. The van der Waals surface area contributed by atoms with Crippen LogP contribution in [0.3, 0.4) is 0 Å². The van der Waals surface area contributed by atoms with E-state index in [9.17, 15) is 0 Å². The number of amidine groups is 2. The van der Waals surface area contributed by atoms with Crippen molar-refractivity contribution in [2.45, 2.75) is 19.9 Å². The first-order valence-corrected chi connectivity index (χ1v) is 13.2. The molecule has 0 aliphatic carbocycles. The minimum Gasteiger partial charge on any atom is -0.452 e. The van der Waals surface area contributed by atoms with Crippen molar-refractivity contribution in [1.29, 1.82) is 0 Å². The smallest absolute Gasteiger partial charge is 0.179 e. The van der Waals surface area contributed by atoms with Crippen molar-refractivity contribution in [3.8, 4) is 5.69 Å². The molecular formula is C30H23BrN6O. The number of halogens is 1. The van der Waals surface area contributed by atoms with Gasteiger partial charge in [-0.15, -0.1) is 0 Å². The van der Waals surface area contributed by atoms with Gasteiger partial charge in [0.25, 0.3) is 0 Å². The molecule has 0 radical (unpaired) electrons. The standard InChI is InChI=1S/C30H23BrN6O/c1-18-9-8-10-20(17-18)32-28-30-34-29-26(19(2)35-37(29)21-11-4-3-5-12-21)27(24-15-16-25(31)38-24)36(30)23-14-7-6-13-22(23)33-28/h3-17,27H,1-2H3,(H,32,33)/t27-/m1/s1. The molecule has 0 fully saturated rings. The minimum absolute atomic E-state index is 0.299. The Kier molecular flexibility index (Phi) is 5.30. The Morgan fingerprint density at radius 1 is 0.868 bits per heavy atom. The third-order valence-electron chi connectivity index (χ3n) is 6.78. The summed E-state index contributed by atoms with van der Waals surface area (Å²) in [5, 5.41) is 8.49. The van der Waals surface area contributed by atoms with Crippen molar-refractivity contribution in [2.75, 3.05) is 10.2 Å². The number of furan rings is 1. The van der Waals surface area contributed by atoms with Gasteiger partial charge in [-0.25, -0.2) is 14.7 Å². The normalized spacial score (nSPS) is 15.8. The maximum atomic E-state index is 6.21. The van der Waals surface area contributed by atoms with Crippen LogP contribution in [0.4, 0.5) is 22.9 Å². The van der Waals surface area contributed by atoms with Gasteiger partial charge >= 0.3 is 0 Å². The van der Waals surface area contributed by atoms with Gasteiger partial charge in [-0.1, -0.05) is 42.5 Å². The summed E-state index contributed by atoms with van der Waals surface area (Å²) in [6.45, 7) is 4.10. The van der Waals surface area contributed by atoms with Crippen molar-refractivity contribution in [3.05, 3.63) is 118 Å². The van der Waals surface area contributed by atoms with Crippen LogP contribution in [0.15, 0.2) is 110 Å². The summed E-state index contributed by atoms with van der Waals surface area (Å²) < 4.78 is 8.78. The summed E-state index contributed by atoms with van der Waals surface area (Å²) in [6, 6.07) is 30.1. The van der Waals surface area contributed by atoms with Crippen molar-refractivity contribution in [3.63, 3.8) is 0 Å². The fourth-order valence-corrected chi connectivity index (χ4v) is 5.47. The number of hydrogen-bond donors (Lipinski definition) is 1. The Bertz CT molecular complexity index is 1750. The first kappa shape index (κ1) is 22.7. The summed E-state index contributed by atoms with van der Waals surface area (Å²) in [4.78, 5) is 12.5. The Labute approximate surface area is 228 Å². The molecule has 0 amide bonds. The molecule has 0 bridgehead atoms. The molecule has 0 unspecified atom stereocenters.